The van der Waals surface area contributed by atoms with Gasteiger partial charge in [0.25, 0.3) is 0 Å². The minimum absolute atomic E-state index is 0.282. The molecule has 1 aromatic rings. The minimum Gasteiger partial charge on any atom is -0.390 e. The summed E-state index contributed by atoms with van der Waals surface area (Å²) < 4.78 is 23.9. The molecule has 1 N–H and O–H groups in total. The zero-order chi connectivity index (χ0) is 23.7. The van der Waals surface area contributed by atoms with E-state index in [9.17, 15) is 13.5 Å². The van der Waals surface area contributed by atoms with Gasteiger partial charge in [-0.15, -0.1) is 0 Å². The summed E-state index contributed by atoms with van der Waals surface area (Å²) in [6.45, 7) is 20.2. The van der Waals surface area contributed by atoms with Gasteiger partial charge >= 0.3 is 0 Å². The summed E-state index contributed by atoms with van der Waals surface area (Å²) in [4.78, 5) is 2.63. The van der Waals surface area contributed by atoms with Crippen molar-refractivity contribution in [2.75, 3.05) is 24.2 Å². The first-order valence-corrected chi connectivity index (χ1v) is 13.5. The van der Waals surface area contributed by atoms with Gasteiger partial charge in [-0.05, 0) is 68.2 Å². The fourth-order valence-corrected chi connectivity index (χ4v) is 3.86. The van der Waals surface area contributed by atoms with Crippen LogP contribution in [0.4, 0.5) is 5.69 Å². The summed E-state index contributed by atoms with van der Waals surface area (Å²) in [6.07, 6.45) is 4.41. The van der Waals surface area contributed by atoms with E-state index in [-0.39, 0.29) is 5.92 Å². The van der Waals surface area contributed by atoms with Gasteiger partial charge in [0, 0.05) is 25.0 Å². The maximum Gasteiger partial charge on any atom is 0.175 e. The molecule has 1 aliphatic rings. The standard InChI is InChI=1S/C18H29NO3S.C5H12.C2H6/c1-13(2)14-10-16(12-17(11-14)23(5,21)22)19-8-6-15(7-9-19)18(3,4)20;1-4-5(2)3;1-2/h10-13,15,20H,6-9H2,1-5H3;5H,4H2,1-3H3;1-2H3. The van der Waals surface area contributed by atoms with Crippen LogP contribution in [0.15, 0.2) is 23.1 Å². The lowest BCUT2D eigenvalue weighted by atomic mass is 9.83. The third-order valence-corrected chi connectivity index (χ3v) is 6.78. The molecule has 4 nitrogen and oxygen atoms in total. The van der Waals surface area contributed by atoms with Crippen molar-refractivity contribution in [1.82, 2.24) is 0 Å². The third kappa shape index (κ3) is 9.82. The van der Waals surface area contributed by atoms with Crippen molar-refractivity contribution in [3.63, 3.8) is 0 Å². The second-order valence-corrected chi connectivity index (χ2v) is 11.4. The lowest BCUT2D eigenvalue weighted by Crippen LogP contribution is -2.42. The van der Waals surface area contributed by atoms with Gasteiger partial charge in [0.05, 0.1) is 10.5 Å². The fraction of sp³-hybridized carbons (Fsp3) is 0.760. The molecule has 176 valence electrons. The van der Waals surface area contributed by atoms with Gasteiger partial charge in [0.15, 0.2) is 9.84 Å². The highest BCUT2D eigenvalue weighted by atomic mass is 32.2. The molecule has 0 aromatic heterocycles. The molecular formula is C25H47NO3S. The number of piperidine rings is 1. The van der Waals surface area contributed by atoms with Crippen molar-refractivity contribution in [3.8, 4) is 0 Å². The van der Waals surface area contributed by atoms with Crippen LogP contribution in [0.1, 0.15) is 93.1 Å². The smallest absolute Gasteiger partial charge is 0.175 e. The molecule has 1 heterocycles. The van der Waals surface area contributed by atoms with Crippen molar-refractivity contribution in [2.45, 2.75) is 98.0 Å². The number of nitrogens with zero attached hydrogens (tertiary/aromatic N) is 1. The molecule has 0 amide bonds. The van der Waals surface area contributed by atoms with Crippen molar-refractivity contribution >= 4 is 15.5 Å². The van der Waals surface area contributed by atoms with Crippen LogP contribution < -0.4 is 4.90 Å². The van der Waals surface area contributed by atoms with Crippen molar-refractivity contribution < 1.29 is 13.5 Å². The molecule has 0 aliphatic carbocycles. The Kier molecular flexibility index (Phi) is 12.3. The fourth-order valence-electron chi connectivity index (χ4n) is 3.18. The van der Waals surface area contributed by atoms with E-state index in [1.807, 2.05) is 27.7 Å². The van der Waals surface area contributed by atoms with Gasteiger partial charge < -0.3 is 10.0 Å². The van der Waals surface area contributed by atoms with Gasteiger partial charge in [-0.2, -0.15) is 0 Å². The molecule has 2 rings (SSSR count). The van der Waals surface area contributed by atoms with E-state index in [1.54, 1.807) is 12.1 Å². The number of anilines is 1. The van der Waals surface area contributed by atoms with E-state index in [0.717, 1.165) is 43.1 Å². The Morgan fingerprint density at radius 3 is 1.87 bits per heavy atom. The molecule has 0 atom stereocenters. The summed E-state index contributed by atoms with van der Waals surface area (Å²) in [5.41, 5.74) is 1.38. The van der Waals surface area contributed by atoms with Gasteiger partial charge in [0.2, 0.25) is 0 Å². The summed E-state index contributed by atoms with van der Waals surface area (Å²) >= 11 is 0. The Balaban J connectivity index is 0.00000105. The molecule has 0 unspecified atom stereocenters. The average molecular weight is 442 g/mol. The number of aliphatic hydroxyl groups is 1. The van der Waals surface area contributed by atoms with Crippen LogP contribution in [0.25, 0.3) is 0 Å². The van der Waals surface area contributed by atoms with E-state index >= 15 is 0 Å². The largest absolute Gasteiger partial charge is 0.390 e. The summed E-state index contributed by atoms with van der Waals surface area (Å²) in [7, 11) is -3.22. The predicted molar refractivity (Wildman–Crippen MR) is 131 cm³/mol. The summed E-state index contributed by atoms with van der Waals surface area (Å²) in [5.74, 6) is 1.46. The lowest BCUT2D eigenvalue weighted by Gasteiger charge is -2.39. The van der Waals surface area contributed by atoms with Crippen molar-refractivity contribution in [1.29, 1.82) is 0 Å². The van der Waals surface area contributed by atoms with Crippen LogP contribution in [0.2, 0.25) is 0 Å². The molecule has 1 aromatic carbocycles. The highest BCUT2D eigenvalue weighted by Gasteiger charge is 2.30. The minimum atomic E-state index is -3.22. The van der Waals surface area contributed by atoms with Gasteiger partial charge in [-0.1, -0.05) is 54.9 Å². The van der Waals surface area contributed by atoms with E-state index < -0.39 is 15.4 Å². The van der Waals surface area contributed by atoms with Crippen LogP contribution >= 0.6 is 0 Å². The number of sulfone groups is 1. The van der Waals surface area contributed by atoms with E-state index in [1.165, 1.54) is 12.7 Å². The van der Waals surface area contributed by atoms with Crippen LogP contribution in [-0.2, 0) is 9.84 Å². The van der Waals surface area contributed by atoms with E-state index in [4.69, 9.17) is 0 Å². The number of hydrogen-bond donors (Lipinski definition) is 1. The quantitative estimate of drug-likeness (QED) is 0.584. The maximum atomic E-state index is 12.0. The molecule has 0 bridgehead atoms. The van der Waals surface area contributed by atoms with Crippen molar-refractivity contribution in [2.24, 2.45) is 11.8 Å². The molecule has 1 aliphatic heterocycles. The summed E-state index contributed by atoms with van der Waals surface area (Å²) in [5, 5.41) is 10.2. The Morgan fingerprint density at radius 1 is 1.07 bits per heavy atom. The molecule has 0 radical (unpaired) electrons. The van der Waals surface area contributed by atoms with Gasteiger partial charge in [0.1, 0.15) is 0 Å². The summed E-state index contributed by atoms with van der Waals surface area (Å²) in [6, 6.07) is 5.67. The Hall–Kier alpha value is -1.07. The topological polar surface area (TPSA) is 57.6 Å². The van der Waals surface area contributed by atoms with E-state index in [0.29, 0.717) is 10.8 Å². The second kappa shape index (κ2) is 12.7. The molecule has 0 spiro atoms. The highest BCUT2D eigenvalue weighted by Crippen LogP contribution is 2.32. The molecule has 1 saturated heterocycles. The first-order chi connectivity index (χ1) is 13.8. The molecule has 5 heteroatoms. The SMILES string of the molecule is CC.CC(C)c1cc(N2CCC(C(C)(C)O)CC2)cc(S(C)(=O)=O)c1.CCC(C)C. The molecule has 30 heavy (non-hydrogen) atoms. The van der Waals surface area contributed by atoms with Crippen molar-refractivity contribution in [3.05, 3.63) is 23.8 Å². The van der Waals surface area contributed by atoms with Crippen LogP contribution in [0, 0.1) is 11.8 Å². The number of benzene rings is 1. The predicted octanol–water partition coefficient (Wildman–Crippen LogP) is 6.28. The first-order valence-electron chi connectivity index (χ1n) is 11.6. The van der Waals surface area contributed by atoms with E-state index in [2.05, 4.69) is 45.6 Å². The highest BCUT2D eigenvalue weighted by molar-refractivity contribution is 7.90. The lowest BCUT2D eigenvalue weighted by molar-refractivity contribution is 0.00651. The normalized spacial score (nSPS) is 15.4. The molecule has 0 saturated carbocycles. The first kappa shape index (κ1) is 28.9. The number of hydrogen-bond acceptors (Lipinski definition) is 4. The molecular weight excluding hydrogens is 394 g/mol. The second-order valence-electron chi connectivity index (χ2n) is 9.40. The monoisotopic (exact) mass is 441 g/mol. The molecule has 1 fully saturated rings. The van der Waals surface area contributed by atoms with Crippen LogP contribution in [0.5, 0.6) is 0 Å². The number of rotatable bonds is 5. The maximum absolute atomic E-state index is 12.0. The Bertz CT molecular complexity index is 710. The zero-order valence-electron chi connectivity index (χ0n) is 21.1. The van der Waals surface area contributed by atoms with Gasteiger partial charge in [-0.25, -0.2) is 8.42 Å². The van der Waals surface area contributed by atoms with Crippen LogP contribution in [0.3, 0.4) is 0 Å². The zero-order valence-corrected chi connectivity index (χ0v) is 21.9. The Morgan fingerprint density at radius 2 is 1.53 bits per heavy atom. The van der Waals surface area contributed by atoms with Crippen LogP contribution in [-0.4, -0.2) is 38.5 Å². The van der Waals surface area contributed by atoms with Gasteiger partial charge in [-0.3, -0.25) is 0 Å². The Labute approximate surface area is 187 Å². The average Bonchev–Trinajstić information content (AvgIpc) is 2.68. The third-order valence-electron chi connectivity index (χ3n) is 5.68.